The Labute approximate surface area is 174 Å². The molecule has 1 N–H and O–H groups in total. The maximum absolute atomic E-state index is 12.3. The highest BCUT2D eigenvalue weighted by molar-refractivity contribution is 7.20. The maximum atomic E-state index is 12.3. The number of ether oxygens (including phenoxy) is 1. The lowest BCUT2D eigenvalue weighted by molar-refractivity contribution is 0.0531. The minimum Gasteiger partial charge on any atom is -0.462 e. The molecule has 0 aliphatic carbocycles. The van der Waals surface area contributed by atoms with Crippen LogP contribution in [0.25, 0.3) is 10.2 Å². The van der Waals surface area contributed by atoms with Gasteiger partial charge in [-0.2, -0.15) is 0 Å². The Morgan fingerprint density at radius 2 is 2.07 bits per heavy atom. The zero-order valence-electron chi connectivity index (χ0n) is 17.1. The van der Waals surface area contributed by atoms with Gasteiger partial charge in [0.15, 0.2) is 0 Å². The molecule has 0 radical (unpaired) electrons. The van der Waals surface area contributed by atoms with Crippen molar-refractivity contribution in [1.29, 1.82) is 0 Å². The van der Waals surface area contributed by atoms with E-state index in [-0.39, 0.29) is 5.97 Å². The van der Waals surface area contributed by atoms with Crippen molar-refractivity contribution in [3.05, 3.63) is 46.6 Å². The average Bonchev–Trinajstić information content (AvgIpc) is 3.06. The molecule has 0 saturated carbocycles. The van der Waals surface area contributed by atoms with E-state index in [4.69, 9.17) is 4.74 Å². The van der Waals surface area contributed by atoms with Gasteiger partial charge in [0.2, 0.25) is 0 Å². The number of aryl methyl sites for hydroxylation is 2. The van der Waals surface area contributed by atoms with Crippen molar-refractivity contribution in [2.24, 2.45) is 0 Å². The minimum atomic E-state index is -0.278. The van der Waals surface area contributed by atoms with E-state index >= 15 is 0 Å². The summed E-state index contributed by atoms with van der Waals surface area (Å²) in [5.41, 5.74) is 3.36. The Hall–Kier alpha value is -2.67. The summed E-state index contributed by atoms with van der Waals surface area (Å²) in [6, 6.07) is 8.96. The summed E-state index contributed by atoms with van der Waals surface area (Å²) >= 11 is 1.39. The summed E-state index contributed by atoms with van der Waals surface area (Å²) < 4.78 is 5.20. The number of hydrogen-bond acceptors (Lipinski definition) is 7. The summed E-state index contributed by atoms with van der Waals surface area (Å²) in [5, 5.41) is 4.63. The van der Waals surface area contributed by atoms with Gasteiger partial charge in [0.25, 0.3) is 0 Å². The van der Waals surface area contributed by atoms with Crippen molar-refractivity contribution in [2.75, 3.05) is 29.9 Å². The molecule has 0 bridgehead atoms. The number of carbonyl (C=O) groups excluding carboxylic acids is 1. The molecule has 3 aromatic rings. The number of nitrogens with one attached hydrogen (secondary N) is 1. The summed E-state index contributed by atoms with van der Waals surface area (Å²) in [6.45, 7) is 8.10. The van der Waals surface area contributed by atoms with Crippen LogP contribution < -0.4 is 10.2 Å². The normalized spacial score (nSPS) is 14.9. The summed E-state index contributed by atoms with van der Waals surface area (Å²) in [5.74, 6) is 0.647. The molecule has 1 aliphatic rings. The molecule has 1 aromatic carbocycles. The molecule has 4 rings (SSSR count). The monoisotopic (exact) mass is 410 g/mol. The molecule has 3 heterocycles. The van der Waals surface area contributed by atoms with Crippen LogP contribution in [0.4, 0.5) is 11.5 Å². The highest BCUT2D eigenvalue weighted by Crippen LogP contribution is 2.36. The van der Waals surface area contributed by atoms with E-state index in [2.05, 4.69) is 51.4 Å². The van der Waals surface area contributed by atoms with Gasteiger partial charge >= 0.3 is 5.97 Å². The topological polar surface area (TPSA) is 67.3 Å². The predicted octanol–water partition coefficient (Wildman–Crippen LogP) is 4.57. The molecular formula is C22H26N4O2S. The smallest absolute Gasteiger partial charge is 0.348 e. The largest absolute Gasteiger partial charge is 0.462 e. The van der Waals surface area contributed by atoms with Crippen molar-refractivity contribution in [2.45, 2.75) is 39.7 Å². The first kappa shape index (κ1) is 19.6. The lowest BCUT2D eigenvalue weighted by Gasteiger charge is -2.34. The van der Waals surface area contributed by atoms with Crippen LogP contribution in [0.1, 0.15) is 40.6 Å². The van der Waals surface area contributed by atoms with Crippen LogP contribution in [0.15, 0.2) is 30.6 Å². The van der Waals surface area contributed by atoms with Gasteiger partial charge in [-0.05, 0) is 56.9 Å². The molecule has 1 saturated heterocycles. The molecule has 0 amide bonds. The highest BCUT2D eigenvalue weighted by Gasteiger charge is 2.25. The molecule has 2 aromatic heterocycles. The standard InChI is InChI=1S/C22H26N4O2S/c1-4-28-22(27)19-15(3)18-20(23-13-24-21(18)29-19)26-10-8-16(9-11-26)25-17-7-5-6-14(2)12-17/h5-7,12-13,16,25H,4,8-11H2,1-3H3. The third-order valence-electron chi connectivity index (χ3n) is 5.35. The predicted molar refractivity (Wildman–Crippen MR) is 118 cm³/mol. The number of thiophene rings is 1. The van der Waals surface area contributed by atoms with Gasteiger partial charge in [-0.1, -0.05) is 12.1 Å². The fourth-order valence-electron chi connectivity index (χ4n) is 3.89. The first-order valence-corrected chi connectivity index (χ1v) is 10.9. The van der Waals surface area contributed by atoms with E-state index in [1.807, 2.05) is 13.8 Å². The van der Waals surface area contributed by atoms with Gasteiger partial charge < -0.3 is 15.0 Å². The Morgan fingerprint density at radius 1 is 1.28 bits per heavy atom. The van der Waals surface area contributed by atoms with Gasteiger partial charge in [0, 0.05) is 24.8 Å². The second kappa shape index (κ2) is 8.37. The number of anilines is 2. The first-order valence-electron chi connectivity index (χ1n) is 10.1. The second-order valence-corrected chi connectivity index (χ2v) is 8.43. The Bertz CT molecular complexity index is 1020. The molecule has 7 heteroatoms. The van der Waals surface area contributed by atoms with Gasteiger partial charge in [0.05, 0.1) is 12.0 Å². The number of esters is 1. The molecule has 0 unspecified atom stereocenters. The van der Waals surface area contributed by atoms with E-state index in [0.29, 0.717) is 17.5 Å². The summed E-state index contributed by atoms with van der Waals surface area (Å²) in [7, 11) is 0. The fourth-order valence-corrected chi connectivity index (χ4v) is 4.93. The van der Waals surface area contributed by atoms with Crippen LogP contribution >= 0.6 is 11.3 Å². The molecule has 29 heavy (non-hydrogen) atoms. The second-order valence-electron chi connectivity index (χ2n) is 7.43. The van der Waals surface area contributed by atoms with Gasteiger partial charge in [-0.3, -0.25) is 0 Å². The van der Waals surface area contributed by atoms with Crippen molar-refractivity contribution < 1.29 is 9.53 Å². The molecular weight excluding hydrogens is 384 g/mol. The van der Waals surface area contributed by atoms with Crippen LogP contribution in [0.3, 0.4) is 0 Å². The Balaban J connectivity index is 1.51. The van der Waals surface area contributed by atoms with Crippen LogP contribution in [0.2, 0.25) is 0 Å². The number of benzene rings is 1. The third-order valence-corrected chi connectivity index (χ3v) is 6.53. The minimum absolute atomic E-state index is 0.278. The lowest BCUT2D eigenvalue weighted by Crippen LogP contribution is -2.39. The molecule has 0 spiro atoms. The van der Waals surface area contributed by atoms with Gasteiger partial charge in [-0.25, -0.2) is 14.8 Å². The molecule has 0 atom stereocenters. The first-order chi connectivity index (χ1) is 14.1. The number of piperidine rings is 1. The number of nitrogens with zero attached hydrogens (tertiary/aromatic N) is 3. The third kappa shape index (κ3) is 4.05. The van der Waals surface area contributed by atoms with E-state index < -0.39 is 0 Å². The SMILES string of the molecule is CCOC(=O)c1sc2ncnc(N3CCC(Nc4cccc(C)c4)CC3)c2c1C. The van der Waals surface area contributed by atoms with E-state index in [1.165, 1.54) is 22.6 Å². The highest BCUT2D eigenvalue weighted by atomic mass is 32.1. The number of carbonyl (C=O) groups is 1. The van der Waals surface area contributed by atoms with Crippen LogP contribution in [0.5, 0.6) is 0 Å². The zero-order valence-corrected chi connectivity index (χ0v) is 17.9. The molecule has 1 fully saturated rings. The summed E-state index contributed by atoms with van der Waals surface area (Å²) in [4.78, 5) is 25.0. The van der Waals surface area contributed by atoms with Crippen LogP contribution in [-0.4, -0.2) is 41.7 Å². The van der Waals surface area contributed by atoms with Crippen molar-refractivity contribution in [1.82, 2.24) is 9.97 Å². The summed E-state index contributed by atoms with van der Waals surface area (Å²) in [6.07, 6.45) is 3.67. The van der Waals surface area contributed by atoms with Gasteiger partial charge in [-0.15, -0.1) is 11.3 Å². The molecule has 6 nitrogen and oxygen atoms in total. The number of rotatable bonds is 5. The lowest BCUT2D eigenvalue weighted by atomic mass is 10.0. The van der Waals surface area contributed by atoms with Crippen molar-refractivity contribution >= 4 is 39.0 Å². The van der Waals surface area contributed by atoms with Gasteiger partial charge in [0.1, 0.15) is 21.9 Å². The van der Waals surface area contributed by atoms with Crippen molar-refractivity contribution in [3.8, 4) is 0 Å². The number of hydrogen-bond donors (Lipinski definition) is 1. The van der Waals surface area contributed by atoms with E-state index in [0.717, 1.165) is 47.5 Å². The Kier molecular flexibility index (Phi) is 5.67. The fraction of sp³-hybridized carbons (Fsp3) is 0.409. The molecule has 1 aliphatic heterocycles. The maximum Gasteiger partial charge on any atom is 0.348 e. The number of aromatic nitrogens is 2. The molecule has 152 valence electrons. The zero-order chi connectivity index (χ0) is 20.4. The quantitative estimate of drug-likeness (QED) is 0.622. The van der Waals surface area contributed by atoms with Crippen LogP contribution in [-0.2, 0) is 4.74 Å². The average molecular weight is 411 g/mol. The van der Waals surface area contributed by atoms with E-state index in [9.17, 15) is 4.79 Å². The van der Waals surface area contributed by atoms with E-state index in [1.54, 1.807) is 6.33 Å². The van der Waals surface area contributed by atoms with Crippen LogP contribution in [0, 0.1) is 13.8 Å². The Morgan fingerprint density at radius 3 is 2.79 bits per heavy atom. The number of fused-ring (bicyclic) bond motifs is 1. The van der Waals surface area contributed by atoms with Crippen molar-refractivity contribution in [3.63, 3.8) is 0 Å².